The number of hydrogen-bond acceptors (Lipinski definition) is 4. The zero-order valence-electron chi connectivity index (χ0n) is 10.4. The standard InChI is InChI=1S/C12H22N2O3/c1-2-5-12(16)7-14(8-12)11(15)10-4-3-9(6-13)17-10/h9-10,16H,2-8,13H2,1H3. The van der Waals surface area contributed by atoms with Crippen molar-refractivity contribution >= 4 is 5.91 Å². The summed E-state index contributed by atoms with van der Waals surface area (Å²) in [7, 11) is 0. The highest BCUT2D eigenvalue weighted by Gasteiger charge is 2.45. The van der Waals surface area contributed by atoms with E-state index < -0.39 is 5.60 Å². The lowest BCUT2D eigenvalue weighted by Crippen LogP contribution is -2.65. The summed E-state index contributed by atoms with van der Waals surface area (Å²) < 4.78 is 5.56. The Bertz CT molecular complexity index is 289. The molecule has 5 heteroatoms. The molecule has 5 nitrogen and oxygen atoms in total. The van der Waals surface area contributed by atoms with E-state index in [-0.39, 0.29) is 18.1 Å². The molecule has 2 fully saturated rings. The quantitative estimate of drug-likeness (QED) is 0.720. The second kappa shape index (κ2) is 4.92. The van der Waals surface area contributed by atoms with Gasteiger partial charge < -0.3 is 20.5 Å². The van der Waals surface area contributed by atoms with Crippen LogP contribution in [0.3, 0.4) is 0 Å². The minimum absolute atomic E-state index is 0.0155. The molecule has 0 aromatic heterocycles. The molecule has 17 heavy (non-hydrogen) atoms. The third kappa shape index (κ3) is 2.61. The van der Waals surface area contributed by atoms with Gasteiger partial charge in [0.15, 0.2) is 0 Å². The van der Waals surface area contributed by atoms with Crippen LogP contribution >= 0.6 is 0 Å². The summed E-state index contributed by atoms with van der Waals surface area (Å²) in [5.41, 5.74) is 4.86. The molecule has 2 aliphatic heterocycles. The Morgan fingerprint density at radius 2 is 2.24 bits per heavy atom. The van der Waals surface area contributed by atoms with Gasteiger partial charge in [0.2, 0.25) is 0 Å². The number of nitrogens with zero attached hydrogens (tertiary/aromatic N) is 1. The van der Waals surface area contributed by atoms with Crippen molar-refractivity contribution in [3.05, 3.63) is 0 Å². The minimum atomic E-state index is -0.656. The summed E-state index contributed by atoms with van der Waals surface area (Å²) >= 11 is 0. The van der Waals surface area contributed by atoms with Crippen molar-refractivity contribution in [1.82, 2.24) is 4.90 Å². The fourth-order valence-corrected chi connectivity index (χ4v) is 2.71. The number of hydrogen-bond donors (Lipinski definition) is 2. The monoisotopic (exact) mass is 242 g/mol. The van der Waals surface area contributed by atoms with Crippen LogP contribution < -0.4 is 5.73 Å². The molecule has 0 aromatic rings. The van der Waals surface area contributed by atoms with Crippen molar-refractivity contribution in [3.8, 4) is 0 Å². The van der Waals surface area contributed by atoms with Crippen LogP contribution in [0.1, 0.15) is 32.6 Å². The number of β-amino-alcohol motifs (C(OH)–C–C–N with tert-alkyl or cyclic N) is 1. The molecule has 2 rings (SSSR count). The molecule has 0 spiro atoms. The van der Waals surface area contributed by atoms with Gasteiger partial charge in [0.1, 0.15) is 6.10 Å². The van der Waals surface area contributed by atoms with Gasteiger partial charge in [-0.15, -0.1) is 0 Å². The van der Waals surface area contributed by atoms with Gasteiger partial charge in [-0.2, -0.15) is 0 Å². The first kappa shape index (κ1) is 12.8. The van der Waals surface area contributed by atoms with Gasteiger partial charge in [0, 0.05) is 6.54 Å². The van der Waals surface area contributed by atoms with Crippen molar-refractivity contribution in [2.45, 2.75) is 50.4 Å². The smallest absolute Gasteiger partial charge is 0.251 e. The first-order valence-corrected chi connectivity index (χ1v) is 6.44. The Labute approximate surface area is 102 Å². The highest BCUT2D eigenvalue weighted by molar-refractivity contribution is 5.82. The van der Waals surface area contributed by atoms with Gasteiger partial charge >= 0.3 is 0 Å². The third-order valence-electron chi connectivity index (χ3n) is 3.64. The largest absolute Gasteiger partial charge is 0.386 e. The van der Waals surface area contributed by atoms with Gasteiger partial charge in [-0.3, -0.25) is 4.79 Å². The number of carbonyl (C=O) groups is 1. The zero-order valence-corrected chi connectivity index (χ0v) is 10.4. The molecule has 2 heterocycles. The first-order valence-electron chi connectivity index (χ1n) is 6.44. The molecule has 0 bridgehead atoms. The Morgan fingerprint density at radius 3 is 2.76 bits per heavy atom. The van der Waals surface area contributed by atoms with E-state index in [4.69, 9.17) is 10.5 Å². The average Bonchev–Trinajstić information content (AvgIpc) is 2.73. The SMILES string of the molecule is CCCC1(O)CN(C(=O)C2CCC(CN)O2)C1. The van der Waals surface area contributed by atoms with E-state index in [1.807, 2.05) is 6.92 Å². The Kier molecular flexibility index (Phi) is 3.70. The van der Waals surface area contributed by atoms with E-state index in [9.17, 15) is 9.90 Å². The minimum Gasteiger partial charge on any atom is -0.386 e. The summed E-state index contributed by atoms with van der Waals surface area (Å²) in [4.78, 5) is 13.7. The van der Waals surface area contributed by atoms with Crippen LogP contribution in [-0.4, -0.2) is 53.4 Å². The molecule has 2 unspecified atom stereocenters. The fraction of sp³-hybridized carbons (Fsp3) is 0.917. The second-order valence-corrected chi connectivity index (χ2v) is 5.23. The van der Waals surface area contributed by atoms with E-state index in [0.29, 0.717) is 19.6 Å². The van der Waals surface area contributed by atoms with E-state index >= 15 is 0 Å². The number of nitrogens with two attached hydrogens (primary N) is 1. The molecule has 2 aliphatic rings. The van der Waals surface area contributed by atoms with Gasteiger partial charge in [-0.1, -0.05) is 13.3 Å². The highest BCUT2D eigenvalue weighted by Crippen LogP contribution is 2.29. The van der Waals surface area contributed by atoms with Gasteiger partial charge in [-0.05, 0) is 19.3 Å². The highest BCUT2D eigenvalue weighted by atomic mass is 16.5. The van der Waals surface area contributed by atoms with E-state index in [2.05, 4.69) is 0 Å². The van der Waals surface area contributed by atoms with E-state index in [1.54, 1.807) is 4.90 Å². The molecule has 1 amide bonds. The lowest BCUT2D eigenvalue weighted by Gasteiger charge is -2.47. The van der Waals surface area contributed by atoms with Crippen LogP contribution in [0.25, 0.3) is 0 Å². The summed E-state index contributed by atoms with van der Waals surface area (Å²) in [5.74, 6) is 0.0155. The molecule has 98 valence electrons. The van der Waals surface area contributed by atoms with Gasteiger partial charge in [-0.25, -0.2) is 0 Å². The van der Waals surface area contributed by atoms with Gasteiger partial charge in [0.25, 0.3) is 5.91 Å². The molecule has 0 aromatic carbocycles. The average molecular weight is 242 g/mol. The van der Waals surface area contributed by atoms with Crippen molar-refractivity contribution in [2.75, 3.05) is 19.6 Å². The number of aliphatic hydroxyl groups is 1. The number of rotatable bonds is 4. The van der Waals surface area contributed by atoms with Gasteiger partial charge in [0.05, 0.1) is 24.8 Å². The van der Waals surface area contributed by atoms with Crippen molar-refractivity contribution < 1.29 is 14.6 Å². The maximum Gasteiger partial charge on any atom is 0.251 e. The molecular weight excluding hydrogens is 220 g/mol. The van der Waals surface area contributed by atoms with E-state index in [0.717, 1.165) is 25.7 Å². The van der Waals surface area contributed by atoms with Crippen molar-refractivity contribution in [2.24, 2.45) is 5.73 Å². The number of ether oxygens (including phenoxy) is 1. The number of likely N-dealkylation sites (tertiary alicyclic amines) is 1. The Morgan fingerprint density at radius 1 is 1.53 bits per heavy atom. The molecule has 2 saturated heterocycles. The fourth-order valence-electron chi connectivity index (χ4n) is 2.71. The summed E-state index contributed by atoms with van der Waals surface area (Å²) in [5, 5.41) is 10.0. The summed E-state index contributed by atoms with van der Waals surface area (Å²) in [6.45, 7) is 3.41. The van der Waals surface area contributed by atoms with Crippen LogP contribution in [-0.2, 0) is 9.53 Å². The normalized spacial score (nSPS) is 31.4. The van der Waals surface area contributed by atoms with Crippen LogP contribution in [0.2, 0.25) is 0 Å². The lowest BCUT2D eigenvalue weighted by molar-refractivity contribution is -0.166. The lowest BCUT2D eigenvalue weighted by atomic mass is 9.89. The maximum atomic E-state index is 12.0. The first-order chi connectivity index (χ1) is 8.08. The topological polar surface area (TPSA) is 75.8 Å². The predicted octanol–water partition coefficient (Wildman–Crippen LogP) is -0.134. The summed E-state index contributed by atoms with van der Waals surface area (Å²) in [6.07, 6.45) is 3.00. The molecule has 3 N–H and O–H groups in total. The van der Waals surface area contributed by atoms with Crippen molar-refractivity contribution in [1.29, 1.82) is 0 Å². The predicted molar refractivity (Wildman–Crippen MR) is 63.4 cm³/mol. The Hall–Kier alpha value is -0.650. The second-order valence-electron chi connectivity index (χ2n) is 5.23. The number of carbonyl (C=O) groups excluding carboxylic acids is 1. The van der Waals surface area contributed by atoms with Crippen LogP contribution in [0, 0.1) is 0 Å². The van der Waals surface area contributed by atoms with Crippen LogP contribution in [0.4, 0.5) is 0 Å². The van der Waals surface area contributed by atoms with E-state index in [1.165, 1.54) is 0 Å². The van der Waals surface area contributed by atoms with Crippen LogP contribution in [0.15, 0.2) is 0 Å². The van der Waals surface area contributed by atoms with Crippen molar-refractivity contribution in [3.63, 3.8) is 0 Å². The molecular formula is C12H22N2O3. The van der Waals surface area contributed by atoms with Crippen LogP contribution in [0.5, 0.6) is 0 Å². The molecule has 0 radical (unpaired) electrons. The Balaban J connectivity index is 1.80. The maximum absolute atomic E-state index is 12.0. The summed E-state index contributed by atoms with van der Waals surface area (Å²) in [6, 6.07) is 0. The molecule has 2 atom stereocenters. The number of amides is 1. The zero-order chi connectivity index (χ0) is 12.5. The molecule has 0 saturated carbocycles. The third-order valence-corrected chi connectivity index (χ3v) is 3.64. The molecule has 0 aliphatic carbocycles.